The topological polar surface area (TPSA) is 49.4 Å². The Morgan fingerprint density at radius 3 is 2.71 bits per heavy atom. The Labute approximate surface area is 103 Å². The van der Waals surface area contributed by atoms with Crippen LogP contribution in [0.3, 0.4) is 0 Å². The third-order valence-electron chi connectivity index (χ3n) is 3.08. The lowest BCUT2D eigenvalue weighted by atomic mass is 10.1. The second-order valence-electron chi connectivity index (χ2n) is 4.11. The average Bonchev–Trinajstić information content (AvgIpc) is 2.66. The number of amides is 1. The fraction of sp³-hybridized carbons (Fsp3) is 0.333. The molecule has 1 amide bonds. The summed E-state index contributed by atoms with van der Waals surface area (Å²) in [6, 6.07) is 5.56. The Morgan fingerprint density at radius 2 is 1.94 bits per heavy atom. The first kappa shape index (κ1) is 10.7. The second kappa shape index (κ2) is 4.07. The molecular weight excluding hydrogens is 236 g/mol. The summed E-state index contributed by atoms with van der Waals surface area (Å²) in [5, 5.41) is 2.61. The lowest BCUT2D eigenvalue weighted by Crippen LogP contribution is -2.32. The van der Waals surface area contributed by atoms with Crippen molar-refractivity contribution in [2.24, 2.45) is 0 Å². The lowest BCUT2D eigenvalue weighted by molar-refractivity contribution is -0.112. The number of nitrogens with one attached hydrogen (secondary N) is 1. The number of ketones is 1. The van der Waals surface area contributed by atoms with Crippen LogP contribution in [0, 0.1) is 0 Å². The molecule has 88 valence electrons. The summed E-state index contributed by atoms with van der Waals surface area (Å²) >= 11 is 1.95. The largest absolute Gasteiger partial charge is 0.370 e. The fourth-order valence-electron chi connectivity index (χ4n) is 2.15. The summed E-state index contributed by atoms with van der Waals surface area (Å²) in [6.07, 6.45) is 0. The van der Waals surface area contributed by atoms with E-state index in [9.17, 15) is 9.59 Å². The molecule has 0 spiro atoms. The van der Waals surface area contributed by atoms with E-state index in [4.69, 9.17) is 0 Å². The van der Waals surface area contributed by atoms with Gasteiger partial charge in [0.15, 0.2) is 0 Å². The number of anilines is 2. The van der Waals surface area contributed by atoms with Crippen molar-refractivity contribution in [3.8, 4) is 0 Å². The Hall–Kier alpha value is -1.49. The van der Waals surface area contributed by atoms with Gasteiger partial charge in [0.05, 0.1) is 11.3 Å². The predicted octanol–water partition coefficient (Wildman–Crippen LogP) is 1.37. The first-order valence-corrected chi connectivity index (χ1v) is 6.73. The van der Waals surface area contributed by atoms with Crippen LogP contribution in [0.15, 0.2) is 18.2 Å². The van der Waals surface area contributed by atoms with Crippen molar-refractivity contribution in [2.45, 2.75) is 0 Å². The minimum atomic E-state index is -0.522. The van der Waals surface area contributed by atoms with Gasteiger partial charge in [0.25, 0.3) is 11.7 Å². The van der Waals surface area contributed by atoms with Gasteiger partial charge in [-0.2, -0.15) is 11.8 Å². The van der Waals surface area contributed by atoms with Gasteiger partial charge in [0.1, 0.15) is 0 Å². The van der Waals surface area contributed by atoms with Gasteiger partial charge in [-0.25, -0.2) is 0 Å². The molecular formula is C12H12N2O2S. The normalized spacial score (nSPS) is 19.2. The quantitative estimate of drug-likeness (QED) is 0.763. The third-order valence-corrected chi connectivity index (χ3v) is 4.02. The van der Waals surface area contributed by atoms with Gasteiger partial charge in [-0.1, -0.05) is 0 Å². The first-order valence-electron chi connectivity index (χ1n) is 5.58. The standard InChI is InChI=1S/C12H12N2O2S/c15-11-9-2-1-8(7-10(9)13-12(11)16)14-3-5-17-6-4-14/h1-2,7H,3-6H2,(H,13,15,16). The summed E-state index contributed by atoms with van der Waals surface area (Å²) in [6.45, 7) is 2.04. The first-order chi connectivity index (χ1) is 8.25. The van der Waals surface area contributed by atoms with Crippen LogP contribution in [0.5, 0.6) is 0 Å². The minimum Gasteiger partial charge on any atom is -0.370 e. The molecule has 0 bridgehead atoms. The Morgan fingerprint density at radius 1 is 1.18 bits per heavy atom. The molecule has 2 aliphatic rings. The molecule has 1 aromatic carbocycles. The molecule has 0 atom stereocenters. The van der Waals surface area contributed by atoms with Crippen LogP contribution in [0.4, 0.5) is 11.4 Å². The summed E-state index contributed by atoms with van der Waals surface area (Å²) in [5.41, 5.74) is 2.22. The van der Waals surface area contributed by atoms with Crippen molar-refractivity contribution in [1.29, 1.82) is 0 Å². The average molecular weight is 248 g/mol. The maximum Gasteiger partial charge on any atom is 0.296 e. The van der Waals surface area contributed by atoms with E-state index in [1.807, 2.05) is 23.9 Å². The smallest absolute Gasteiger partial charge is 0.296 e. The number of nitrogens with zero attached hydrogens (tertiary/aromatic N) is 1. The maximum atomic E-state index is 11.5. The highest BCUT2D eigenvalue weighted by molar-refractivity contribution is 7.99. The fourth-order valence-corrected chi connectivity index (χ4v) is 3.06. The number of carbonyl (C=O) groups excluding carboxylic acids is 2. The number of benzene rings is 1. The summed E-state index contributed by atoms with van der Waals surface area (Å²) in [7, 11) is 0. The second-order valence-corrected chi connectivity index (χ2v) is 5.34. The van der Waals surface area contributed by atoms with Crippen molar-refractivity contribution in [2.75, 3.05) is 34.8 Å². The van der Waals surface area contributed by atoms with E-state index < -0.39 is 11.7 Å². The van der Waals surface area contributed by atoms with Crippen LogP contribution in [-0.4, -0.2) is 36.3 Å². The highest BCUT2D eigenvalue weighted by atomic mass is 32.2. The van der Waals surface area contributed by atoms with Crippen molar-refractivity contribution < 1.29 is 9.59 Å². The van der Waals surface area contributed by atoms with Gasteiger partial charge in [-0.05, 0) is 18.2 Å². The molecule has 0 aliphatic carbocycles. The van der Waals surface area contributed by atoms with Gasteiger partial charge < -0.3 is 10.2 Å². The van der Waals surface area contributed by atoms with Crippen LogP contribution < -0.4 is 10.2 Å². The van der Waals surface area contributed by atoms with E-state index in [0.29, 0.717) is 11.3 Å². The van der Waals surface area contributed by atoms with Crippen molar-refractivity contribution in [3.05, 3.63) is 23.8 Å². The van der Waals surface area contributed by atoms with E-state index in [1.54, 1.807) is 6.07 Å². The summed E-state index contributed by atoms with van der Waals surface area (Å²) < 4.78 is 0. The van der Waals surface area contributed by atoms with Gasteiger partial charge in [-0.3, -0.25) is 9.59 Å². The van der Waals surface area contributed by atoms with Crippen LogP contribution in [0.2, 0.25) is 0 Å². The summed E-state index contributed by atoms with van der Waals surface area (Å²) in [5.74, 6) is 1.30. The van der Waals surface area contributed by atoms with E-state index >= 15 is 0 Å². The maximum absolute atomic E-state index is 11.5. The molecule has 5 heteroatoms. The monoisotopic (exact) mass is 248 g/mol. The van der Waals surface area contributed by atoms with Gasteiger partial charge in [0.2, 0.25) is 0 Å². The number of carbonyl (C=O) groups is 2. The molecule has 2 heterocycles. The number of hydrogen-bond acceptors (Lipinski definition) is 4. The molecule has 4 nitrogen and oxygen atoms in total. The Kier molecular flexibility index (Phi) is 2.55. The SMILES string of the molecule is O=C1Nc2cc(N3CCSCC3)ccc2C1=O. The highest BCUT2D eigenvalue weighted by Crippen LogP contribution is 2.29. The number of thioether (sulfide) groups is 1. The molecule has 1 aromatic rings. The summed E-state index contributed by atoms with van der Waals surface area (Å²) in [4.78, 5) is 25.0. The molecule has 0 saturated carbocycles. The molecule has 2 aliphatic heterocycles. The van der Waals surface area contributed by atoms with Crippen LogP contribution in [-0.2, 0) is 4.79 Å². The molecule has 1 N–H and O–H groups in total. The van der Waals surface area contributed by atoms with Crippen LogP contribution in [0.25, 0.3) is 0 Å². The zero-order valence-corrected chi connectivity index (χ0v) is 10.0. The van der Waals surface area contributed by atoms with Crippen molar-refractivity contribution in [3.63, 3.8) is 0 Å². The molecule has 1 fully saturated rings. The van der Waals surface area contributed by atoms with Crippen LogP contribution >= 0.6 is 11.8 Å². The van der Waals surface area contributed by atoms with Crippen molar-refractivity contribution in [1.82, 2.24) is 0 Å². The van der Waals surface area contributed by atoms with Crippen LogP contribution in [0.1, 0.15) is 10.4 Å². The van der Waals surface area contributed by atoms with E-state index in [2.05, 4.69) is 10.2 Å². The Balaban J connectivity index is 1.92. The highest BCUT2D eigenvalue weighted by Gasteiger charge is 2.28. The molecule has 17 heavy (non-hydrogen) atoms. The minimum absolute atomic E-state index is 0.430. The van der Waals surface area contributed by atoms with Gasteiger partial charge >= 0.3 is 0 Å². The van der Waals surface area contributed by atoms with E-state index in [0.717, 1.165) is 30.3 Å². The van der Waals surface area contributed by atoms with E-state index in [-0.39, 0.29) is 0 Å². The zero-order valence-electron chi connectivity index (χ0n) is 9.23. The molecule has 0 radical (unpaired) electrons. The number of hydrogen-bond donors (Lipinski definition) is 1. The zero-order chi connectivity index (χ0) is 11.8. The molecule has 0 aromatic heterocycles. The van der Waals surface area contributed by atoms with Gasteiger partial charge in [0, 0.05) is 30.3 Å². The Bertz CT molecular complexity index is 495. The predicted molar refractivity (Wildman–Crippen MR) is 68.9 cm³/mol. The third kappa shape index (κ3) is 1.80. The number of Topliss-reactive ketones (excluding diaryl/α,β-unsaturated/α-hetero) is 1. The van der Waals surface area contributed by atoms with Crippen molar-refractivity contribution >= 4 is 34.8 Å². The van der Waals surface area contributed by atoms with E-state index in [1.165, 1.54) is 0 Å². The molecule has 1 saturated heterocycles. The lowest BCUT2D eigenvalue weighted by Gasteiger charge is -2.28. The number of fused-ring (bicyclic) bond motifs is 1. The van der Waals surface area contributed by atoms with Gasteiger partial charge in [-0.15, -0.1) is 0 Å². The molecule has 3 rings (SSSR count). The number of rotatable bonds is 1. The molecule has 0 unspecified atom stereocenters.